The van der Waals surface area contributed by atoms with Gasteiger partial charge in [0.1, 0.15) is 5.75 Å². The topological polar surface area (TPSA) is 38.7 Å². The lowest BCUT2D eigenvalue weighted by atomic mass is 10.1. The molecule has 0 spiro atoms. The molecule has 0 heterocycles. The Bertz CT molecular complexity index is 457. The molecule has 0 saturated carbocycles. The van der Waals surface area contributed by atoms with Gasteiger partial charge in [-0.05, 0) is 24.1 Å². The number of hydrogen-bond donors (Lipinski definition) is 1. The third-order valence-corrected chi connectivity index (χ3v) is 3.13. The zero-order chi connectivity index (χ0) is 15.3. The minimum Gasteiger partial charge on any atom is -0.495 e. The van der Waals surface area contributed by atoms with Crippen molar-refractivity contribution in [2.24, 2.45) is 0 Å². The van der Waals surface area contributed by atoms with Gasteiger partial charge in [0.05, 0.1) is 25.9 Å². The molecule has 1 rings (SSSR count). The van der Waals surface area contributed by atoms with Crippen molar-refractivity contribution in [3.8, 4) is 17.6 Å². The quantitative estimate of drug-likeness (QED) is 0.558. The van der Waals surface area contributed by atoms with Crippen LogP contribution in [0.25, 0.3) is 0 Å². The van der Waals surface area contributed by atoms with Crippen molar-refractivity contribution in [1.82, 2.24) is 0 Å². The van der Waals surface area contributed by atoms with E-state index in [1.807, 2.05) is 18.2 Å². The van der Waals surface area contributed by atoms with Gasteiger partial charge in [-0.1, -0.05) is 44.1 Å². The lowest BCUT2D eigenvalue weighted by molar-refractivity contribution is 0.117. The van der Waals surface area contributed by atoms with Gasteiger partial charge in [0, 0.05) is 13.0 Å². The van der Waals surface area contributed by atoms with E-state index in [0.717, 1.165) is 29.9 Å². The van der Waals surface area contributed by atoms with E-state index in [1.165, 1.54) is 19.3 Å². The number of benzene rings is 1. The molecule has 116 valence electrons. The van der Waals surface area contributed by atoms with Crippen LogP contribution >= 0.6 is 0 Å². The van der Waals surface area contributed by atoms with Crippen molar-refractivity contribution in [2.45, 2.75) is 45.6 Å². The maximum atomic E-state index is 8.78. The zero-order valence-electron chi connectivity index (χ0n) is 13.2. The minimum absolute atomic E-state index is 0.0792. The fraction of sp³-hybridized carbons (Fsp3) is 0.556. The molecule has 0 aliphatic rings. The second-order valence-corrected chi connectivity index (χ2v) is 4.92. The first-order chi connectivity index (χ1) is 10.3. The number of aliphatic hydroxyl groups excluding tert-OH is 1. The molecule has 0 aliphatic heterocycles. The third-order valence-electron chi connectivity index (χ3n) is 3.13. The molecule has 1 aromatic rings. The van der Waals surface area contributed by atoms with Crippen molar-refractivity contribution >= 4 is 0 Å². The van der Waals surface area contributed by atoms with Gasteiger partial charge < -0.3 is 14.6 Å². The Morgan fingerprint density at radius 1 is 1.19 bits per heavy atom. The number of unbranched alkanes of at least 4 members (excludes halogenated alkanes) is 3. The molecule has 0 fully saturated rings. The van der Waals surface area contributed by atoms with Gasteiger partial charge in [-0.2, -0.15) is 0 Å². The van der Waals surface area contributed by atoms with E-state index >= 15 is 0 Å². The summed E-state index contributed by atoms with van der Waals surface area (Å²) in [6.45, 7) is 3.69. The van der Waals surface area contributed by atoms with Gasteiger partial charge in [-0.3, -0.25) is 0 Å². The summed E-state index contributed by atoms with van der Waals surface area (Å²) in [5.74, 6) is 6.71. The largest absolute Gasteiger partial charge is 0.495 e. The van der Waals surface area contributed by atoms with Crippen molar-refractivity contribution in [3.63, 3.8) is 0 Å². The highest BCUT2D eigenvalue weighted by molar-refractivity contribution is 5.48. The van der Waals surface area contributed by atoms with Gasteiger partial charge in [0.25, 0.3) is 0 Å². The molecule has 1 aromatic carbocycles. The molecular weight excluding hydrogens is 264 g/mol. The predicted octanol–water partition coefficient (Wildman–Crippen LogP) is 3.53. The average molecular weight is 290 g/mol. The molecule has 0 bridgehead atoms. The van der Waals surface area contributed by atoms with Crippen molar-refractivity contribution in [2.75, 3.05) is 20.3 Å². The second-order valence-electron chi connectivity index (χ2n) is 4.92. The van der Waals surface area contributed by atoms with E-state index < -0.39 is 0 Å². The summed E-state index contributed by atoms with van der Waals surface area (Å²) in [7, 11) is 1.64. The summed E-state index contributed by atoms with van der Waals surface area (Å²) in [6, 6.07) is 5.91. The van der Waals surface area contributed by atoms with Crippen molar-refractivity contribution in [1.29, 1.82) is 0 Å². The van der Waals surface area contributed by atoms with E-state index in [0.29, 0.717) is 13.0 Å². The standard InChI is InChI=1S/C18H26O3/c1-3-4-5-8-13-21-15-16-10-11-18(20-2)17(14-16)9-6-7-12-19/h10-11,14,19H,3-5,7-8,12-13,15H2,1-2H3. The summed E-state index contributed by atoms with van der Waals surface area (Å²) >= 11 is 0. The smallest absolute Gasteiger partial charge is 0.134 e. The molecule has 0 unspecified atom stereocenters. The Hall–Kier alpha value is -1.50. The van der Waals surface area contributed by atoms with Crippen LogP contribution in [0.5, 0.6) is 5.75 Å². The second kappa shape index (κ2) is 11.2. The lowest BCUT2D eigenvalue weighted by Gasteiger charge is -2.08. The number of hydrogen-bond acceptors (Lipinski definition) is 3. The molecule has 21 heavy (non-hydrogen) atoms. The van der Waals surface area contributed by atoms with Crippen molar-refractivity contribution < 1.29 is 14.6 Å². The Balaban J connectivity index is 2.52. The van der Waals surface area contributed by atoms with E-state index in [-0.39, 0.29) is 6.61 Å². The highest BCUT2D eigenvalue weighted by Gasteiger charge is 2.02. The van der Waals surface area contributed by atoms with Crippen molar-refractivity contribution in [3.05, 3.63) is 29.3 Å². The Labute approximate surface area is 128 Å². The number of ether oxygens (including phenoxy) is 2. The molecule has 0 aliphatic carbocycles. The van der Waals surface area contributed by atoms with Crippen LogP contribution < -0.4 is 4.74 Å². The van der Waals surface area contributed by atoms with Crippen LogP contribution in [-0.4, -0.2) is 25.4 Å². The molecule has 1 N–H and O–H groups in total. The first-order valence-electron chi connectivity index (χ1n) is 7.66. The maximum absolute atomic E-state index is 8.78. The van der Waals surface area contributed by atoms with Gasteiger partial charge >= 0.3 is 0 Å². The van der Waals surface area contributed by atoms with Crippen LogP contribution in [0.4, 0.5) is 0 Å². The Morgan fingerprint density at radius 2 is 2.05 bits per heavy atom. The summed E-state index contributed by atoms with van der Waals surface area (Å²) in [4.78, 5) is 0. The van der Waals surface area contributed by atoms with Crippen LogP contribution in [0.15, 0.2) is 18.2 Å². The zero-order valence-corrected chi connectivity index (χ0v) is 13.2. The third kappa shape index (κ3) is 7.17. The highest BCUT2D eigenvalue weighted by atomic mass is 16.5. The maximum Gasteiger partial charge on any atom is 0.134 e. The van der Waals surface area contributed by atoms with E-state index in [4.69, 9.17) is 14.6 Å². The molecule has 0 amide bonds. The number of methoxy groups -OCH3 is 1. The molecule has 0 atom stereocenters. The number of aliphatic hydroxyl groups is 1. The summed E-state index contributed by atoms with van der Waals surface area (Å²) < 4.78 is 11.0. The van der Waals surface area contributed by atoms with Crippen LogP contribution in [0, 0.1) is 11.8 Å². The van der Waals surface area contributed by atoms with Crippen LogP contribution in [0.1, 0.15) is 50.2 Å². The van der Waals surface area contributed by atoms with Gasteiger partial charge in [-0.15, -0.1) is 0 Å². The van der Waals surface area contributed by atoms with Gasteiger partial charge in [-0.25, -0.2) is 0 Å². The number of rotatable bonds is 9. The first kappa shape index (κ1) is 17.6. The first-order valence-corrected chi connectivity index (χ1v) is 7.66. The molecule has 0 aromatic heterocycles. The molecule has 0 radical (unpaired) electrons. The van der Waals surface area contributed by atoms with Gasteiger partial charge in [0.2, 0.25) is 0 Å². The SMILES string of the molecule is CCCCCCOCc1ccc(OC)c(C#CCCO)c1. The predicted molar refractivity (Wildman–Crippen MR) is 85.4 cm³/mol. The normalized spacial score (nSPS) is 10.0. The minimum atomic E-state index is 0.0792. The monoisotopic (exact) mass is 290 g/mol. The highest BCUT2D eigenvalue weighted by Crippen LogP contribution is 2.19. The van der Waals surface area contributed by atoms with E-state index in [9.17, 15) is 0 Å². The van der Waals surface area contributed by atoms with Gasteiger partial charge in [0.15, 0.2) is 0 Å². The lowest BCUT2D eigenvalue weighted by Crippen LogP contribution is -1.97. The molecular formula is C18H26O3. The average Bonchev–Trinajstić information content (AvgIpc) is 2.51. The summed E-state index contributed by atoms with van der Waals surface area (Å²) in [6.07, 6.45) is 5.34. The Morgan fingerprint density at radius 3 is 2.76 bits per heavy atom. The fourth-order valence-electron chi connectivity index (χ4n) is 1.98. The van der Waals surface area contributed by atoms with Crippen LogP contribution in [0.2, 0.25) is 0 Å². The molecule has 0 saturated heterocycles. The van der Waals surface area contributed by atoms with E-state index in [1.54, 1.807) is 7.11 Å². The molecule has 3 nitrogen and oxygen atoms in total. The summed E-state index contributed by atoms with van der Waals surface area (Å²) in [5, 5.41) is 8.78. The Kier molecular flexibility index (Phi) is 9.35. The summed E-state index contributed by atoms with van der Waals surface area (Å²) in [5.41, 5.74) is 1.94. The van der Waals surface area contributed by atoms with Crippen LogP contribution in [-0.2, 0) is 11.3 Å². The fourth-order valence-corrected chi connectivity index (χ4v) is 1.98. The van der Waals surface area contributed by atoms with E-state index in [2.05, 4.69) is 18.8 Å². The van der Waals surface area contributed by atoms with Crippen LogP contribution in [0.3, 0.4) is 0 Å². The molecule has 3 heteroatoms.